The Morgan fingerprint density at radius 3 is 2.52 bits per heavy atom. The fourth-order valence-electron chi connectivity index (χ4n) is 1.94. The molecule has 8 heteroatoms. The quantitative estimate of drug-likeness (QED) is 0.599. The monoisotopic (exact) mass is 313 g/mol. The van der Waals surface area contributed by atoms with E-state index in [1.165, 1.54) is 16.7 Å². The molecule has 116 valence electrons. The first-order chi connectivity index (χ1) is 9.76. The molecule has 0 atom stereocenters. The number of nitrogens with one attached hydrogen (secondary N) is 1. The Bertz CT molecular complexity index is 598. The molecule has 0 spiro atoms. The molecule has 0 aliphatic heterocycles. The minimum absolute atomic E-state index is 0.127. The van der Waals surface area contributed by atoms with E-state index < -0.39 is 17.6 Å². The van der Waals surface area contributed by atoms with Crippen molar-refractivity contribution >= 4 is 23.6 Å². The number of carbonyl (C=O) groups is 2. The van der Waals surface area contributed by atoms with E-state index in [1.54, 1.807) is 13.2 Å². The fourth-order valence-corrected chi connectivity index (χ4v) is 2.56. The van der Waals surface area contributed by atoms with E-state index in [0.717, 1.165) is 0 Å². The molecule has 0 saturated heterocycles. The molecule has 1 rings (SSSR count). The highest BCUT2D eigenvalue weighted by molar-refractivity contribution is 7.98. The van der Waals surface area contributed by atoms with Gasteiger partial charge in [-0.1, -0.05) is 13.8 Å². The summed E-state index contributed by atoms with van der Waals surface area (Å²) in [4.78, 5) is 42.4. The Balaban J connectivity index is 3.25. The largest absolute Gasteiger partial charge is 0.480 e. The van der Waals surface area contributed by atoms with E-state index >= 15 is 0 Å². The van der Waals surface area contributed by atoms with Crippen LogP contribution in [0.15, 0.2) is 9.82 Å². The Kier molecular flexibility index (Phi) is 5.95. The number of carboxylic acids is 1. The predicted octanol–water partition coefficient (Wildman–Crippen LogP) is 0.983. The molecule has 2 N–H and O–H groups in total. The smallest absolute Gasteiger partial charge is 0.346 e. The first-order valence-corrected chi connectivity index (χ1v) is 7.64. The standard InChI is InChI=1S/C13H19N3O4S/c1-7(2)5-16(6-9(17)18)12(19)10-8(3)14-13(20)15-11(10)21-4/h7H,5-6H2,1-4H3,(H,17,18)(H,14,15,20). The lowest BCUT2D eigenvalue weighted by Crippen LogP contribution is -2.39. The van der Waals surface area contributed by atoms with Crippen LogP contribution in [0.3, 0.4) is 0 Å². The number of carboxylic acid groups (broad SMARTS) is 1. The highest BCUT2D eigenvalue weighted by Crippen LogP contribution is 2.20. The summed E-state index contributed by atoms with van der Waals surface area (Å²) in [5.41, 5.74) is 0.120. The van der Waals surface area contributed by atoms with Gasteiger partial charge in [-0.25, -0.2) is 4.79 Å². The van der Waals surface area contributed by atoms with Gasteiger partial charge in [0.1, 0.15) is 11.6 Å². The number of aromatic amines is 1. The van der Waals surface area contributed by atoms with Gasteiger partial charge in [-0.2, -0.15) is 4.98 Å². The Labute approximate surface area is 126 Å². The molecule has 0 radical (unpaired) electrons. The minimum atomic E-state index is -1.08. The zero-order chi connectivity index (χ0) is 16.2. The van der Waals surface area contributed by atoms with Gasteiger partial charge in [0.05, 0.1) is 5.56 Å². The van der Waals surface area contributed by atoms with Gasteiger partial charge in [-0.05, 0) is 19.1 Å². The number of nitrogens with zero attached hydrogens (tertiary/aromatic N) is 2. The van der Waals surface area contributed by atoms with Crippen molar-refractivity contribution in [3.05, 3.63) is 21.7 Å². The number of aliphatic carboxylic acids is 1. The van der Waals surface area contributed by atoms with Crippen molar-refractivity contribution < 1.29 is 14.7 Å². The van der Waals surface area contributed by atoms with Crippen LogP contribution in [-0.2, 0) is 4.79 Å². The number of carbonyl (C=O) groups excluding carboxylic acids is 1. The first kappa shape index (κ1) is 17.2. The third-order valence-corrected chi connectivity index (χ3v) is 3.37. The number of hydrogen-bond donors (Lipinski definition) is 2. The van der Waals surface area contributed by atoms with Crippen molar-refractivity contribution in [3.63, 3.8) is 0 Å². The van der Waals surface area contributed by atoms with E-state index in [1.807, 2.05) is 13.8 Å². The van der Waals surface area contributed by atoms with Crippen LogP contribution in [0.5, 0.6) is 0 Å². The highest BCUT2D eigenvalue weighted by Gasteiger charge is 2.25. The molecule has 0 fully saturated rings. The molecule has 1 aromatic heterocycles. The van der Waals surface area contributed by atoms with Crippen molar-refractivity contribution in [2.24, 2.45) is 5.92 Å². The zero-order valence-corrected chi connectivity index (χ0v) is 13.3. The first-order valence-electron chi connectivity index (χ1n) is 6.42. The van der Waals surface area contributed by atoms with Crippen molar-refractivity contribution in [2.45, 2.75) is 25.8 Å². The molecular formula is C13H19N3O4S. The average Bonchev–Trinajstić information content (AvgIpc) is 2.35. The van der Waals surface area contributed by atoms with Crippen molar-refractivity contribution in [1.29, 1.82) is 0 Å². The third-order valence-electron chi connectivity index (χ3n) is 2.69. The van der Waals surface area contributed by atoms with E-state index in [-0.39, 0.29) is 18.0 Å². The van der Waals surface area contributed by atoms with Crippen molar-refractivity contribution in [3.8, 4) is 0 Å². The summed E-state index contributed by atoms with van der Waals surface area (Å²) in [5, 5.41) is 9.27. The van der Waals surface area contributed by atoms with Gasteiger partial charge in [0, 0.05) is 12.2 Å². The summed E-state index contributed by atoms with van der Waals surface area (Å²) in [6, 6.07) is 0. The SMILES string of the molecule is CSc1nc(=O)[nH]c(C)c1C(=O)N(CC(=O)O)CC(C)C. The van der Waals surface area contributed by atoms with Crippen LogP contribution in [0.4, 0.5) is 0 Å². The molecule has 1 heterocycles. The number of amides is 1. The predicted molar refractivity (Wildman–Crippen MR) is 79.8 cm³/mol. The summed E-state index contributed by atoms with van der Waals surface area (Å²) in [6.45, 7) is 5.33. The molecule has 1 aromatic rings. The normalized spacial score (nSPS) is 10.7. The molecule has 21 heavy (non-hydrogen) atoms. The van der Waals surface area contributed by atoms with Gasteiger partial charge >= 0.3 is 11.7 Å². The topological polar surface area (TPSA) is 103 Å². The zero-order valence-electron chi connectivity index (χ0n) is 12.5. The van der Waals surface area contributed by atoms with Crippen LogP contribution < -0.4 is 5.69 Å². The van der Waals surface area contributed by atoms with Gasteiger partial charge in [-0.15, -0.1) is 11.8 Å². The Morgan fingerprint density at radius 2 is 2.05 bits per heavy atom. The van der Waals surface area contributed by atoms with Crippen LogP contribution in [0.2, 0.25) is 0 Å². The van der Waals surface area contributed by atoms with E-state index in [9.17, 15) is 14.4 Å². The maximum atomic E-state index is 12.6. The lowest BCUT2D eigenvalue weighted by molar-refractivity contribution is -0.137. The highest BCUT2D eigenvalue weighted by atomic mass is 32.2. The van der Waals surface area contributed by atoms with Crippen molar-refractivity contribution in [2.75, 3.05) is 19.3 Å². The van der Waals surface area contributed by atoms with Crippen molar-refractivity contribution in [1.82, 2.24) is 14.9 Å². The van der Waals surface area contributed by atoms with Gasteiger partial charge in [0.25, 0.3) is 5.91 Å². The summed E-state index contributed by atoms with van der Waals surface area (Å²) < 4.78 is 0. The lowest BCUT2D eigenvalue weighted by Gasteiger charge is -2.24. The summed E-state index contributed by atoms with van der Waals surface area (Å²) >= 11 is 1.18. The molecule has 7 nitrogen and oxygen atoms in total. The van der Waals surface area contributed by atoms with Crippen LogP contribution in [0, 0.1) is 12.8 Å². The molecule has 0 aliphatic carbocycles. The maximum absolute atomic E-state index is 12.6. The second kappa shape index (κ2) is 7.26. The maximum Gasteiger partial charge on any atom is 0.346 e. The van der Waals surface area contributed by atoms with Gasteiger partial charge in [0.15, 0.2) is 0 Å². The molecule has 0 aromatic carbocycles. The van der Waals surface area contributed by atoms with Gasteiger partial charge in [-0.3, -0.25) is 9.59 Å². The fraction of sp³-hybridized carbons (Fsp3) is 0.538. The third kappa shape index (κ3) is 4.59. The number of thioether (sulfide) groups is 1. The van der Waals surface area contributed by atoms with Crippen LogP contribution in [0.1, 0.15) is 29.9 Å². The Morgan fingerprint density at radius 1 is 1.43 bits per heavy atom. The Hall–Kier alpha value is -1.83. The molecule has 0 aliphatic rings. The summed E-state index contributed by atoms with van der Waals surface area (Å²) in [7, 11) is 0. The lowest BCUT2D eigenvalue weighted by atomic mass is 10.1. The van der Waals surface area contributed by atoms with Crippen LogP contribution >= 0.6 is 11.8 Å². The van der Waals surface area contributed by atoms with E-state index in [0.29, 0.717) is 17.3 Å². The minimum Gasteiger partial charge on any atom is -0.480 e. The second-order valence-corrected chi connectivity index (χ2v) is 5.82. The van der Waals surface area contributed by atoms with Gasteiger partial charge in [0.2, 0.25) is 0 Å². The average molecular weight is 313 g/mol. The molecule has 1 amide bonds. The number of rotatable bonds is 6. The summed E-state index contributed by atoms with van der Waals surface area (Å²) in [6.07, 6.45) is 1.71. The molecule has 0 bridgehead atoms. The second-order valence-electron chi connectivity index (χ2n) is 5.02. The van der Waals surface area contributed by atoms with E-state index in [2.05, 4.69) is 9.97 Å². The number of aromatic nitrogens is 2. The van der Waals surface area contributed by atoms with Crippen LogP contribution in [0.25, 0.3) is 0 Å². The van der Waals surface area contributed by atoms with Gasteiger partial charge < -0.3 is 15.0 Å². The molecule has 0 unspecified atom stereocenters. The molecule has 0 saturated carbocycles. The summed E-state index contributed by atoms with van der Waals surface area (Å²) in [5.74, 6) is -1.39. The molecular weight excluding hydrogens is 294 g/mol. The number of H-pyrrole nitrogens is 1. The number of aryl methyl sites for hydroxylation is 1. The van der Waals surface area contributed by atoms with E-state index in [4.69, 9.17) is 5.11 Å². The number of hydrogen-bond acceptors (Lipinski definition) is 5. The van der Waals surface area contributed by atoms with Crippen LogP contribution in [-0.4, -0.2) is 51.2 Å².